The van der Waals surface area contributed by atoms with Crippen LogP contribution in [0.3, 0.4) is 0 Å². The molecule has 0 fully saturated rings. The topological polar surface area (TPSA) is 61.8 Å². The standard InChI is InChI=1S/C20H21BrO5S/c1-12-8-19(13(2)7-16(12)21)27-11-20(23)26-10-17(22)15-6-5-14(24-3)9-18(15)25-4/h5-9H,10-11H2,1-4H3. The van der Waals surface area contributed by atoms with Gasteiger partial charge in [-0.1, -0.05) is 15.9 Å². The first-order valence-corrected chi connectivity index (χ1v) is 9.94. The molecule has 0 aliphatic carbocycles. The molecule has 27 heavy (non-hydrogen) atoms. The van der Waals surface area contributed by atoms with Gasteiger partial charge in [-0.3, -0.25) is 9.59 Å². The summed E-state index contributed by atoms with van der Waals surface area (Å²) in [6.45, 7) is 3.64. The minimum Gasteiger partial charge on any atom is -0.497 e. The van der Waals surface area contributed by atoms with Gasteiger partial charge in [-0.15, -0.1) is 11.8 Å². The summed E-state index contributed by atoms with van der Waals surface area (Å²) < 4.78 is 16.5. The lowest BCUT2D eigenvalue weighted by Crippen LogP contribution is -2.16. The first-order chi connectivity index (χ1) is 12.8. The Hall–Kier alpha value is -1.99. The molecule has 0 spiro atoms. The highest BCUT2D eigenvalue weighted by atomic mass is 79.9. The second-order valence-electron chi connectivity index (χ2n) is 5.81. The van der Waals surface area contributed by atoms with Gasteiger partial charge in [0, 0.05) is 15.4 Å². The van der Waals surface area contributed by atoms with E-state index in [-0.39, 0.29) is 18.1 Å². The van der Waals surface area contributed by atoms with Crippen LogP contribution < -0.4 is 9.47 Å². The Morgan fingerprint density at radius 3 is 2.44 bits per heavy atom. The number of carbonyl (C=O) groups excluding carboxylic acids is 2. The van der Waals surface area contributed by atoms with Crippen molar-refractivity contribution in [1.29, 1.82) is 0 Å². The Labute approximate surface area is 171 Å². The Morgan fingerprint density at radius 1 is 1.04 bits per heavy atom. The Kier molecular flexibility index (Phi) is 7.74. The molecule has 0 aliphatic rings. The van der Waals surface area contributed by atoms with Crippen molar-refractivity contribution in [3.63, 3.8) is 0 Å². The molecule has 0 saturated carbocycles. The molecule has 0 saturated heterocycles. The minimum absolute atomic E-state index is 0.134. The molecule has 0 unspecified atom stereocenters. The summed E-state index contributed by atoms with van der Waals surface area (Å²) in [6.07, 6.45) is 0. The third-order valence-corrected chi connectivity index (χ3v) is 5.86. The third-order valence-electron chi connectivity index (χ3n) is 3.88. The molecule has 0 atom stereocenters. The number of rotatable bonds is 8. The highest BCUT2D eigenvalue weighted by Crippen LogP contribution is 2.28. The number of hydrogen-bond donors (Lipinski definition) is 0. The summed E-state index contributed by atoms with van der Waals surface area (Å²) in [5, 5.41) is 0. The molecule has 5 nitrogen and oxygen atoms in total. The number of aryl methyl sites for hydroxylation is 2. The molecule has 2 aromatic carbocycles. The van der Waals surface area contributed by atoms with Crippen LogP contribution in [0.1, 0.15) is 21.5 Å². The molecule has 2 rings (SSSR count). The van der Waals surface area contributed by atoms with Crippen LogP contribution in [-0.2, 0) is 9.53 Å². The number of ketones is 1. The summed E-state index contributed by atoms with van der Waals surface area (Å²) in [5.41, 5.74) is 2.51. The SMILES string of the molecule is COc1ccc(C(=O)COC(=O)CSc2cc(C)c(Br)cc2C)c(OC)c1. The molecular weight excluding hydrogens is 432 g/mol. The number of thioether (sulfide) groups is 1. The molecule has 0 aliphatic heterocycles. The zero-order valence-electron chi connectivity index (χ0n) is 15.6. The number of Topliss-reactive ketones (excluding diaryl/α,β-unsaturated/α-hetero) is 1. The number of carbonyl (C=O) groups is 2. The second kappa shape index (κ2) is 9.80. The number of hydrogen-bond acceptors (Lipinski definition) is 6. The van der Waals surface area contributed by atoms with Crippen molar-refractivity contribution < 1.29 is 23.8 Å². The molecular formula is C20H21BrO5S. The number of esters is 1. The van der Waals surface area contributed by atoms with Crippen LogP contribution in [0, 0.1) is 13.8 Å². The van der Waals surface area contributed by atoms with Gasteiger partial charge in [-0.2, -0.15) is 0 Å². The van der Waals surface area contributed by atoms with Crippen LogP contribution >= 0.6 is 27.7 Å². The molecule has 144 valence electrons. The van der Waals surface area contributed by atoms with Gasteiger partial charge >= 0.3 is 5.97 Å². The van der Waals surface area contributed by atoms with Crippen molar-refractivity contribution in [2.45, 2.75) is 18.7 Å². The van der Waals surface area contributed by atoms with E-state index in [9.17, 15) is 9.59 Å². The smallest absolute Gasteiger partial charge is 0.316 e. The van der Waals surface area contributed by atoms with Crippen molar-refractivity contribution in [2.24, 2.45) is 0 Å². The minimum atomic E-state index is -0.444. The van der Waals surface area contributed by atoms with Crippen molar-refractivity contribution in [1.82, 2.24) is 0 Å². The zero-order chi connectivity index (χ0) is 20.0. The monoisotopic (exact) mass is 452 g/mol. The number of halogens is 1. The van der Waals surface area contributed by atoms with Crippen LogP contribution in [0.5, 0.6) is 11.5 Å². The fourth-order valence-electron chi connectivity index (χ4n) is 2.34. The van der Waals surface area contributed by atoms with Crippen molar-refractivity contribution in [3.05, 3.63) is 51.5 Å². The first kappa shape index (κ1) is 21.3. The van der Waals surface area contributed by atoms with Crippen molar-refractivity contribution >= 4 is 39.4 Å². The average molecular weight is 453 g/mol. The lowest BCUT2D eigenvalue weighted by atomic mass is 10.1. The highest BCUT2D eigenvalue weighted by Gasteiger charge is 2.16. The van der Waals surface area contributed by atoms with Gasteiger partial charge < -0.3 is 14.2 Å². The summed E-state index contributed by atoms with van der Waals surface area (Å²) in [4.78, 5) is 25.4. The Balaban J connectivity index is 1.92. The predicted octanol–water partition coefficient (Wildman–Crippen LogP) is 4.60. The second-order valence-corrected chi connectivity index (χ2v) is 7.68. The van der Waals surface area contributed by atoms with Crippen molar-refractivity contribution in [3.8, 4) is 11.5 Å². The van der Waals surface area contributed by atoms with E-state index >= 15 is 0 Å². The number of methoxy groups -OCH3 is 2. The Bertz CT molecular complexity index is 851. The van der Waals surface area contributed by atoms with E-state index in [1.54, 1.807) is 18.2 Å². The van der Waals surface area contributed by atoms with E-state index in [4.69, 9.17) is 14.2 Å². The predicted molar refractivity (Wildman–Crippen MR) is 109 cm³/mol. The quantitative estimate of drug-likeness (QED) is 0.331. The highest BCUT2D eigenvalue weighted by molar-refractivity contribution is 9.10. The van der Waals surface area contributed by atoms with Gasteiger partial charge in [-0.05, 0) is 49.2 Å². The van der Waals surface area contributed by atoms with Gasteiger partial charge in [0.1, 0.15) is 11.5 Å². The van der Waals surface area contributed by atoms with Gasteiger partial charge in [-0.25, -0.2) is 0 Å². The maximum Gasteiger partial charge on any atom is 0.316 e. The maximum atomic E-state index is 12.3. The number of ether oxygens (including phenoxy) is 3. The third kappa shape index (κ3) is 5.74. The number of benzene rings is 2. The Morgan fingerprint density at radius 2 is 1.78 bits per heavy atom. The van der Waals surface area contributed by atoms with Crippen LogP contribution in [0.15, 0.2) is 39.7 Å². The molecule has 0 N–H and O–H groups in total. The molecule has 7 heteroatoms. The molecule has 0 radical (unpaired) electrons. The fourth-order valence-corrected chi connectivity index (χ4v) is 3.70. The summed E-state index contributed by atoms with van der Waals surface area (Å²) in [7, 11) is 3.00. The maximum absolute atomic E-state index is 12.3. The van der Waals surface area contributed by atoms with E-state index in [0.717, 1.165) is 20.5 Å². The van der Waals surface area contributed by atoms with Crippen molar-refractivity contribution in [2.75, 3.05) is 26.6 Å². The molecule has 0 heterocycles. The zero-order valence-corrected chi connectivity index (χ0v) is 18.0. The van der Waals surface area contributed by atoms with E-state index in [2.05, 4.69) is 15.9 Å². The fraction of sp³-hybridized carbons (Fsp3) is 0.300. The normalized spacial score (nSPS) is 10.4. The van der Waals surface area contributed by atoms with Crippen LogP contribution in [0.25, 0.3) is 0 Å². The van der Waals surface area contributed by atoms with E-state index < -0.39 is 5.97 Å². The van der Waals surface area contributed by atoms with E-state index in [0.29, 0.717) is 17.1 Å². The van der Waals surface area contributed by atoms with Crippen LogP contribution in [0.4, 0.5) is 0 Å². The largest absolute Gasteiger partial charge is 0.497 e. The van der Waals surface area contributed by atoms with E-state index in [1.807, 2.05) is 26.0 Å². The molecule has 0 aromatic heterocycles. The lowest BCUT2D eigenvalue weighted by Gasteiger charge is -2.11. The molecule has 0 bridgehead atoms. The summed E-state index contributed by atoms with van der Waals surface area (Å²) >= 11 is 4.88. The van der Waals surface area contributed by atoms with E-state index in [1.165, 1.54) is 26.0 Å². The average Bonchev–Trinajstić information content (AvgIpc) is 2.67. The first-order valence-electron chi connectivity index (χ1n) is 8.16. The lowest BCUT2D eigenvalue weighted by molar-refractivity contribution is -0.139. The van der Waals surface area contributed by atoms with Crippen LogP contribution in [-0.4, -0.2) is 38.3 Å². The van der Waals surface area contributed by atoms with Crippen LogP contribution in [0.2, 0.25) is 0 Å². The van der Waals surface area contributed by atoms with Gasteiger partial charge in [0.2, 0.25) is 5.78 Å². The summed E-state index contributed by atoms with van der Waals surface area (Å²) in [6, 6.07) is 8.90. The summed E-state index contributed by atoms with van der Waals surface area (Å²) in [5.74, 6) is 0.321. The molecule has 0 amide bonds. The van der Waals surface area contributed by atoms with Gasteiger partial charge in [0.25, 0.3) is 0 Å². The van der Waals surface area contributed by atoms with Gasteiger partial charge in [0.15, 0.2) is 6.61 Å². The van der Waals surface area contributed by atoms with Gasteiger partial charge in [0.05, 0.1) is 25.5 Å². The molecule has 2 aromatic rings.